The molecule has 2 aromatic heterocycles. The third kappa shape index (κ3) is 4.49. The molecule has 2 aromatic rings. The number of amides is 2. The Kier molecular flexibility index (Phi) is 6.42. The summed E-state index contributed by atoms with van der Waals surface area (Å²) in [4.78, 5) is 31.5. The highest BCUT2D eigenvalue weighted by Gasteiger charge is 2.31. The fraction of sp³-hybridized carbons (Fsp3) is 0.444. The van der Waals surface area contributed by atoms with Crippen LogP contribution in [-0.4, -0.2) is 63.1 Å². The van der Waals surface area contributed by atoms with Gasteiger partial charge in [0.15, 0.2) is 5.82 Å². The molecule has 2 heterocycles. The molecule has 10 heteroatoms. The van der Waals surface area contributed by atoms with Crippen LogP contribution in [0.1, 0.15) is 35.5 Å². The Bertz CT molecular complexity index is 842. The maximum atomic E-state index is 12.7. The number of likely N-dealkylation sites (N-methyl/N-ethyl adjacent to an activating group) is 2. The van der Waals surface area contributed by atoms with Crippen LogP contribution in [0.3, 0.4) is 0 Å². The van der Waals surface area contributed by atoms with E-state index in [1.54, 1.807) is 11.8 Å². The second kappa shape index (κ2) is 8.41. The van der Waals surface area contributed by atoms with Crippen molar-refractivity contribution >= 4 is 11.8 Å². The highest BCUT2D eigenvalue weighted by molar-refractivity contribution is 5.97. The van der Waals surface area contributed by atoms with E-state index in [1.807, 2.05) is 13.8 Å². The Morgan fingerprint density at radius 3 is 2.29 bits per heavy atom. The van der Waals surface area contributed by atoms with Gasteiger partial charge in [0.05, 0.1) is 29.6 Å². The first-order valence-corrected chi connectivity index (χ1v) is 8.71. The van der Waals surface area contributed by atoms with Crippen molar-refractivity contribution < 1.29 is 22.8 Å². The molecule has 2 amide bonds. The molecule has 2 rings (SSSR count). The van der Waals surface area contributed by atoms with E-state index in [0.717, 1.165) is 6.07 Å². The Labute approximate surface area is 160 Å². The lowest BCUT2D eigenvalue weighted by Crippen LogP contribution is -2.41. The fourth-order valence-electron chi connectivity index (χ4n) is 2.69. The lowest BCUT2D eigenvalue weighted by Gasteiger charge is -2.23. The number of pyridine rings is 1. The number of alkyl halides is 3. The normalized spacial score (nSPS) is 11.4. The van der Waals surface area contributed by atoms with Crippen molar-refractivity contribution in [2.24, 2.45) is 0 Å². The lowest BCUT2D eigenvalue weighted by atomic mass is 10.2. The predicted molar refractivity (Wildman–Crippen MR) is 96.0 cm³/mol. The Morgan fingerprint density at radius 1 is 1.14 bits per heavy atom. The van der Waals surface area contributed by atoms with Crippen LogP contribution in [0.4, 0.5) is 13.2 Å². The first-order chi connectivity index (χ1) is 13.1. The Morgan fingerprint density at radius 2 is 1.79 bits per heavy atom. The molecule has 152 valence electrons. The molecule has 0 bridgehead atoms. The summed E-state index contributed by atoms with van der Waals surface area (Å²) in [5.41, 5.74) is -0.206. The predicted octanol–water partition coefficient (Wildman–Crippen LogP) is 2.53. The van der Waals surface area contributed by atoms with Gasteiger partial charge >= 0.3 is 6.18 Å². The molecule has 0 aliphatic carbocycles. The maximum absolute atomic E-state index is 12.7. The molecule has 0 aliphatic rings. The van der Waals surface area contributed by atoms with Crippen molar-refractivity contribution in [3.63, 3.8) is 0 Å². The molecule has 0 saturated heterocycles. The second-order valence-corrected chi connectivity index (χ2v) is 6.19. The number of hydrogen-bond donors (Lipinski definition) is 0. The van der Waals surface area contributed by atoms with E-state index in [1.165, 1.54) is 28.9 Å². The number of aromatic nitrogens is 3. The van der Waals surface area contributed by atoms with Crippen LogP contribution >= 0.6 is 0 Å². The number of carbonyl (C=O) groups excluding carboxylic acids is 2. The van der Waals surface area contributed by atoms with Crippen molar-refractivity contribution in [1.82, 2.24) is 24.6 Å². The standard InChI is InChI=1S/C18H22F3N5O2/c1-5-25(6-2)16(27)11-24(4)17(28)14-10-23-26(12(14)3)15-8-7-13(9-22-15)18(19,20)21/h7-10H,5-6,11H2,1-4H3. The van der Waals surface area contributed by atoms with Crippen LogP contribution in [-0.2, 0) is 11.0 Å². The average molecular weight is 397 g/mol. The number of rotatable bonds is 6. The van der Waals surface area contributed by atoms with E-state index in [2.05, 4.69) is 10.1 Å². The van der Waals surface area contributed by atoms with Gasteiger partial charge in [0.1, 0.15) is 0 Å². The van der Waals surface area contributed by atoms with Gasteiger partial charge in [0.2, 0.25) is 5.91 Å². The smallest absolute Gasteiger partial charge is 0.342 e. The van der Waals surface area contributed by atoms with Gasteiger partial charge in [-0.2, -0.15) is 18.3 Å². The monoisotopic (exact) mass is 397 g/mol. The number of hydrogen-bond acceptors (Lipinski definition) is 4. The summed E-state index contributed by atoms with van der Waals surface area (Å²) in [5.74, 6) is -0.419. The number of carbonyl (C=O) groups is 2. The second-order valence-electron chi connectivity index (χ2n) is 6.19. The van der Waals surface area contributed by atoms with Crippen molar-refractivity contribution in [3.8, 4) is 5.82 Å². The summed E-state index contributed by atoms with van der Waals surface area (Å²) < 4.78 is 39.3. The molecule has 28 heavy (non-hydrogen) atoms. The molecule has 0 fully saturated rings. The van der Waals surface area contributed by atoms with Gasteiger partial charge < -0.3 is 9.80 Å². The minimum absolute atomic E-state index is 0.0797. The van der Waals surface area contributed by atoms with Crippen LogP contribution in [0.5, 0.6) is 0 Å². The highest BCUT2D eigenvalue weighted by Crippen LogP contribution is 2.28. The number of halogens is 3. The Hall–Kier alpha value is -2.91. The van der Waals surface area contributed by atoms with E-state index in [0.29, 0.717) is 25.0 Å². The van der Waals surface area contributed by atoms with Crippen LogP contribution < -0.4 is 0 Å². The third-order valence-corrected chi connectivity index (χ3v) is 4.37. The van der Waals surface area contributed by atoms with Gasteiger partial charge in [-0.05, 0) is 32.9 Å². The molecular formula is C18H22F3N5O2. The zero-order chi connectivity index (χ0) is 21.1. The summed E-state index contributed by atoms with van der Waals surface area (Å²) >= 11 is 0. The largest absolute Gasteiger partial charge is 0.417 e. The maximum Gasteiger partial charge on any atom is 0.417 e. The fourth-order valence-corrected chi connectivity index (χ4v) is 2.69. The van der Waals surface area contributed by atoms with Gasteiger partial charge in [-0.1, -0.05) is 0 Å². The van der Waals surface area contributed by atoms with Gasteiger partial charge in [0, 0.05) is 26.3 Å². The van der Waals surface area contributed by atoms with Crippen molar-refractivity contribution in [2.75, 3.05) is 26.7 Å². The van der Waals surface area contributed by atoms with Crippen molar-refractivity contribution in [3.05, 3.63) is 41.3 Å². The summed E-state index contributed by atoms with van der Waals surface area (Å²) in [6, 6.07) is 2.09. The zero-order valence-corrected chi connectivity index (χ0v) is 16.1. The zero-order valence-electron chi connectivity index (χ0n) is 16.1. The lowest BCUT2D eigenvalue weighted by molar-refractivity contribution is -0.137. The van der Waals surface area contributed by atoms with Crippen LogP contribution in [0, 0.1) is 6.92 Å². The van der Waals surface area contributed by atoms with Gasteiger partial charge in [-0.25, -0.2) is 9.67 Å². The van der Waals surface area contributed by atoms with Crippen molar-refractivity contribution in [2.45, 2.75) is 26.9 Å². The molecule has 0 spiro atoms. The average Bonchev–Trinajstić information content (AvgIpc) is 3.02. The molecule has 0 atom stereocenters. The summed E-state index contributed by atoms with van der Waals surface area (Å²) in [6.45, 7) is 6.34. The molecule has 0 N–H and O–H groups in total. The van der Waals surface area contributed by atoms with E-state index in [9.17, 15) is 22.8 Å². The van der Waals surface area contributed by atoms with Crippen molar-refractivity contribution in [1.29, 1.82) is 0 Å². The molecule has 0 unspecified atom stereocenters. The molecule has 7 nitrogen and oxygen atoms in total. The SMILES string of the molecule is CCN(CC)C(=O)CN(C)C(=O)c1cnn(-c2ccc(C(F)(F)F)cn2)c1C. The van der Waals surface area contributed by atoms with E-state index >= 15 is 0 Å². The molecule has 0 aliphatic heterocycles. The van der Waals surface area contributed by atoms with Crippen LogP contribution in [0.25, 0.3) is 5.82 Å². The first kappa shape index (κ1) is 21.4. The summed E-state index contributed by atoms with van der Waals surface area (Å²) in [7, 11) is 1.51. The van der Waals surface area contributed by atoms with E-state index < -0.39 is 17.6 Å². The molecule has 0 saturated carbocycles. The third-order valence-electron chi connectivity index (χ3n) is 4.37. The minimum atomic E-state index is -4.48. The molecule has 0 radical (unpaired) electrons. The van der Waals surface area contributed by atoms with Gasteiger partial charge in [-0.15, -0.1) is 0 Å². The molecule has 0 aromatic carbocycles. The quantitative estimate of drug-likeness (QED) is 0.751. The van der Waals surface area contributed by atoms with Crippen LogP contribution in [0.2, 0.25) is 0 Å². The molecular weight excluding hydrogens is 375 g/mol. The topological polar surface area (TPSA) is 71.3 Å². The minimum Gasteiger partial charge on any atom is -0.342 e. The van der Waals surface area contributed by atoms with Gasteiger partial charge in [0.25, 0.3) is 5.91 Å². The van der Waals surface area contributed by atoms with E-state index in [4.69, 9.17) is 0 Å². The van der Waals surface area contributed by atoms with Gasteiger partial charge in [-0.3, -0.25) is 9.59 Å². The Balaban J connectivity index is 2.20. The first-order valence-electron chi connectivity index (χ1n) is 8.71. The summed E-state index contributed by atoms with van der Waals surface area (Å²) in [5, 5.41) is 4.06. The number of nitrogens with zero attached hydrogens (tertiary/aromatic N) is 5. The van der Waals surface area contributed by atoms with E-state index in [-0.39, 0.29) is 23.8 Å². The summed E-state index contributed by atoms with van der Waals surface area (Å²) in [6.07, 6.45) is -2.45. The highest BCUT2D eigenvalue weighted by atomic mass is 19.4. The van der Waals surface area contributed by atoms with Crippen LogP contribution in [0.15, 0.2) is 24.5 Å².